The molecule has 5 heteroatoms. The maximum Gasteiger partial charge on any atom is 0.151 e. The lowest BCUT2D eigenvalue weighted by Gasteiger charge is -2.17. The molecule has 1 saturated heterocycles. The summed E-state index contributed by atoms with van der Waals surface area (Å²) in [5.41, 5.74) is 0. The van der Waals surface area contributed by atoms with Crippen molar-refractivity contribution in [3.63, 3.8) is 0 Å². The topological polar surface area (TPSA) is 54.2 Å². The first-order chi connectivity index (χ1) is 8.76. The van der Waals surface area contributed by atoms with Gasteiger partial charge < -0.3 is 10.0 Å². The van der Waals surface area contributed by atoms with Crippen LogP contribution < -0.4 is 0 Å². The van der Waals surface area contributed by atoms with E-state index in [0.29, 0.717) is 5.92 Å². The Hall–Kier alpha value is -0.940. The molecule has 3 heterocycles. The van der Waals surface area contributed by atoms with Gasteiger partial charge in [-0.1, -0.05) is 6.92 Å². The molecule has 100 valence electrons. The molecule has 0 amide bonds. The van der Waals surface area contributed by atoms with Crippen LogP contribution in [-0.4, -0.2) is 44.4 Å². The number of aliphatic hydroxyl groups excluding tert-OH is 1. The molecule has 18 heavy (non-hydrogen) atoms. The van der Waals surface area contributed by atoms with Crippen molar-refractivity contribution < 1.29 is 5.11 Å². The number of aliphatic hydroxyl groups is 1. The molecule has 1 fully saturated rings. The summed E-state index contributed by atoms with van der Waals surface area (Å²) in [6.07, 6.45) is 4.54. The first kappa shape index (κ1) is 12.1. The van der Waals surface area contributed by atoms with Crippen LogP contribution in [0.1, 0.15) is 44.1 Å². The fourth-order valence-electron chi connectivity index (χ4n) is 3.09. The molecule has 2 aliphatic heterocycles. The fourth-order valence-corrected chi connectivity index (χ4v) is 3.09. The van der Waals surface area contributed by atoms with Gasteiger partial charge in [0.2, 0.25) is 0 Å². The largest absolute Gasteiger partial charge is 0.372 e. The average Bonchev–Trinajstić information content (AvgIpc) is 2.96. The van der Waals surface area contributed by atoms with Gasteiger partial charge in [0.15, 0.2) is 5.82 Å². The third kappa shape index (κ3) is 2.29. The van der Waals surface area contributed by atoms with Gasteiger partial charge in [-0.2, -0.15) is 5.10 Å². The van der Waals surface area contributed by atoms with Crippen LogP contribution in [0.5, 0.6) is 0 Å². The number of aromatic nitrogens is 3. The van der Waals surface area contributed by atoms with Crippen molar-refractivity contribution in [2.45, 2.75) is 45.3 Å². The van der Waals surface area contributed by atoms with Crippen LogP contribution in [0, 0.1) is 5.92 Å². The fraction of sp³-hybridized carbons (Fsp3) is 0.846. The molecule has 1 aromatic heterocycles. The maximum atomic E-state index is 9.87. The Balaban J connectivity index is 1.67. The van der Waals surface area contributed by atoms with Crippen LogP contribution in [0.15, 0.2) is 0 Å². The predicted octanol–water partition coefficient (Wildman–Crippen LogP) is 0.990. The first-order valence-electron chi connectivity index (χ1n) is 7.11. The van der Waals surface area contributed by atoms with Crippen LogP contribution in [0.3, 0.4) is 0 Å². The van der Waals surface area contributed by atoms with Crippen molar-refractivity contribution in [3.8, 4) is 0 Å². The Kier molecular flexibility index (Phi) is 3.35. The van der Waals surface area contributed by atoms with E-state index < -0.39 is 6.23 Å². The second-order valence-corrected chi connectivity index (χ2v) is 5.51. The van der Waals surface area contributed by atoms with Crippen molar-refractivity contribution >= 4 is 0 Å². The molecule has 2 atom stereocenters. The molecule has 0 aromatic carbocycles. The highest BCUT2D eigenvalue weighted by molar-refractivity contribution is 4.99. The smallest absolute Gasteiger partial charge is 0.151 e. The zero-order valence-electron chi connectivity index (χ0n) is 11.0. The molecular formula is C13H22N4O. The molecule has 0 spiro atoms. The van der Waals surface area contributed by atoms with E-state index in [1.54, 1.807) is 4.68 Å². The molecule has 0 radical (unpaired) electrons. The number of rotatable bonds is 3. The van der Waals surface area contributed by atoms with Gasteiger partial charge in [0.1, 0.15) is 12.1 Å². The second kappa shape index (κ2) is 4.97. The average molecular weight is 250 g/mol. The summed E-state index contributed by atoms with van der Waals surface area (Å²) in [5.74, 6) is 2.58. The third-order valence-electron chi connectivity index (χ3n) is 4.18. The number of nitrogens with zero attached hydrogens (tertiary/aromatic N) is 4. The number of hydrogen-bond donors (Lipinski definition) is 1. The highest BCUT2D eigenvalue weighted by atomic mass is 16.3. The van der Waals surface area contributed by atoms with Crippen LogP contribution in [-0.2, 0) is 12.8 Å². The van der Waals surface area contributed by atoms with Gasteiger partial charge in [0.25, 0.3) is 0 Å². The van der Waals surface area contributed by atoms with Crippen molar-refractivity contribution in [1.82, 2.24) is 19.7 Å². The van der Waals surface area contributed by atoms with Gasteiger partial charge in [-0.3, -0.25) is 0 Å². The summed E-state index contributed by atoms with van der Waals surface area (Å²) < 4.78 is 1.73. The lowest BCUT2D eigenvalue weighted by Crippen LogP contribution is -2.20. The molecule has 0 bridgehead atoms. The Labute approximate surface area is 108 Å². The maximum absolute atomic E-state index is 9.87. The highest BCUT2D eigenvalue weighted by Gasteiger charge is 2.25. The quantitative estimate of drug-likeness (QED) is 0.869. The van der Waals surface area contributed by atoms with E-state index in [0.717, 1.165) is 43.9 Å². The van der Waals surface area contributed by atoms with Crippen molar-refractivity contribution in [3.05, 3.63) is 11.6 Å². The Morgan fingerprint density at radius 1 is 1.39 bits per heavy atom. The van der Waals surface area contributed by atoms with Gasteiger partial charge in [-0.15, -0.1) is 0 Å². The van der Waals surface area contributed by atoms with E-state index in [-0.39, 0.29) is 0 Å². The van der Waals surface area contributed by atoms with Crippen LogP contribution in [0.2, 0.25) is 0 Å². The van der Waals surface area contributed by atoms with E-state index >= 15 is 0 Å². The highest BCUT2D eigenvalue weighted by Crippen LogP contribution is 2.23. The summed E-state index contributed by atoms with van der Waals surface area (Å²) >= 11 is 0. The lowest BCUT2D eigenvalue weighted by molar-refractivity contribution is 0.0643. The summed E-state index contributed by atoms with van der Waals surface area (Å²) in [6, 6.07) is 0. The zero-order valence-corrected chi connectivity index (χ0v) is 11.0. The van der Waals surface area contributed by atoms with Crippen LogP contribution >= 0.6 is 0 Å². The second-order valence-electron chi connectivity index (χ2n) is 5.51. The lowest BCUT2D eigenvalue weighted by atomic mass is 10.1. The molecule has 0 saturated carbocycles. The Morgan fingerprint density at radius 2 is 2.28 bits per heavy atom. The third-order valence-corrected chi connectivity index (χ3v) is 4.18. The standard InChI is InChI=1S/C13H22N4O/c1-2-16-7-6-10(9-16)8-11-14-12-4-3-5-13(18)17(12)15-11/h10,13,18H,2-9H2,1H3. The van der Waals surface area contributed by atoms with Crippen LogP contribution in [0.25, 0.3) is 0 Å². The zero-order chi connectivity index (χ0) is 12.5. The van der Waals surface area contributed by atoms with Gasteiger partial charge in [-0.25, -0.2) is 9.67 Å². The summed E-state index contributed by atoms with van der Waals surface area (Å²) in [6.45, 7) is 5.73. The SMILES string of the molecule is CCN1CCC(Cc2nc3n(n2)C(O)CCC3)C1. The van der Waals surface area contributed by atoms with Crippen molar-refractivity contribution in [1.29, 1.82) is 0 Å². The minimum absolute atomic E-state index is 0.453. The van der Waals surface area contributed by atoms with E-state index in [4.69, 9.17) is 0 Å². The minimum atomic E-state index is -0.453. The van der Waals surface area contributed by atoms with Crippen LogP contribution in [0.4, 0.5) is 0 Å². The molecular weight excluding hydrogens is 228 g/mol. The molecule has 1 aromatic rings. The van der Waals surface area contributed by atoms with E-state index in [9.17, 15) is 5.11 Å². The Bertz CT molecular complexity index is 417. The summed E-state index contributed by atoms with van der Waals surface area (Å²) in [7, 11) is 0. The van der Waals surface area contributed by atoms with Gasteiger partial charge in [0, 0.05) is 19.4 Å². The summed E-state index contributed by atoms with van der Waals surface area (Å²) in [4.78, 5) is 7.07. The number of likely N-dealkylation sites (tertiary alicyclic amines) is 1. The van der Waals surface area contributed by atoms with Gasteiger partial charge >= 0.3 is 0 Å². The van der Waals surface area contributed by atoms with Crippen molar-refractivity contribution in [2.75, 3.05) is 19.6 Å². The predicted molar refractivity (Wildman–Crippen MR) is 68.1 cm³/mol. The molecule has 5 nitrogen and oxygen atoms in total. The van der Waals surface area contributed by atoms with Gasteiger partial charge in [0.05, 0.1) is 0 Å². The minimum Gasteiger partial charge on any atom is -0.372 e. The number of fused-ring (bicyclic) bond motifs is 1. The molecule has 1 N–H and O–H groups in total. The van der Waals surface area contributed by atoms with E-state index in [1.807, 2.05) is 0 Å². The molecule has 2 unspecified atom stereocenters. The normalized spacial score (nSPS) is 28.6. The first-order valence-corrected chi connectivity index (χ1v) is 7.11. The van der Waals surface area contributed by atoms with Gasteiger partial charge in [-0.05, 0) is 38.3 Å². The number of hydrogen-bond acceptors (Lipinski definition) is 4. The van der Waals surface area contributed by atoms with E-state index in [1.165, 1.54) is 19.5 Å². The molecule has 0 aliphatic carbocycles. The molecule has 2 aliphatic rings. The Morgan fingerprint density at radius 3 is 3.00 bits per heavy atom. The monoisotopic (exact) mass is 250 g/mol. The van der Waals surface area contributed by atoms with E-state index in [2.05, 4.69) is 21.9 Å². The molecule has 3 rings (SSSR count). The number of aryl methyl sites for hydroxylation is 1. The van der Waals surface area contributed by atoms with Crippen molar-refractivity contribution in [2.24, 2.45) is 5.92 Å². The summed E-state index contributed by atoms with van der Waals surface area (Å²) in [5, 5.41) is 14.4.